The number of fused-ring (bicyclic) bond motifs is 3. The molecule has 4 heteroatoms. The van der Waals surface area contributed by atoms with Crippen LogP contribution in [0.4, 0.5) is 4.48 Å². The Labute approximate surface area is 71.1 Å². The zero-order chi connectivity index (χ0) is 7.90. The Balaban J connectivity index is 2.09. The van der Waals surface area contributed by atoms with Gasteiger partial charge in [0.15, 0.2) is 0 Å². The minimum atomic E-state index is -0.242. The van der Waals surface area contributed by atoms with Crippen LogP contribution < -0.4 is 0 Å². The Morgan fingerprint density at radius 2 is 2.09 bits per heavy atom. The Kier molecular flexibility index (Phi) is 1.82. The number of hydrogen-bond acceptors (Lipinski definition) is 1. The van der Waals surface area contributed by atoms with Crippen LogP contribution in [0.15, 0.2) is 0 Å². The molecule has 0 aromatic rings. The third-order valence-corrected chi connectivity index (χ3v) is 3.16. The van der Waals surface area contributed by atoms with E-state index in [4.69, 9.17) is 11.6 Å². The molecule has 2 bridgehead atoms. The summed E-state index contributed by atoms with van der Waals surface area (Å²) in [6.07, 6.45) is 0. The standard InChI is InChI=1S/C7H13ClFN2/c8-5-7-6-11(9)3-1-10(7)2-4-11/h7H,1-6H2/q+1. The maximum Gasteiger partial charge on any atom is 0.132 e. The highest BCUT2D eigenvalue weighted by Crippen LogP contribution is 2.24. The molecular weight excluding hydrogens is 167 g/mol. The highest BCUT2D eigenvalue weighted by atomic mass is 35.5. The fraction of sp³-hybridized carbons (Fsp3) is 1.00. The van der Waals surface area contributed by atoms with Crippen molar-refractivity contribution < 1.29 is 9.19 Å². The maximum atomic E-state index is 13.6. The molecule has 1 unspecified atom stereocenters. The average molecular weight is 180 g/mol. The van der Waals surface area contributed by atoms with Gasteiger partial charge in [0.2, 0.25) is 0 Å². The van der Waals surface area contributed by atoms with Crippen molar-refractivity contribution in [2.75, 3.05) is 38.6 Å². The van der Waals surface area contributed by atoms with E-state index in [2.05, 4.69) is 4.90 Å². The first kappa shape index (κ1) is 7.77. The van der Waals surface area contributed by atoms with Gasteiger partial charge in [-0.15, -0.1) is 16.3 Å². The van der Waals surface area contributed by atoms with Gasteiger partial charge in [-0.1, -0.05) is 0 Å². The molecular formula is C7H13ClFN2+. The van der Waals surface area contributed by atoms with Crippen molar-refractivity contribution in [3.05, 3.63) is 0 Å². The largest absolute Gasteiger partial charge is 0.282 e. The average Bonchev–Trinajstić information content (AvgIpc) is 2.04. The van der Waals surface area contributed by atoms with Gasteiger partial charge in [-0.3, -0.25) is 4.90 Å². The quantitative estimate of drug-likeness (QED) is 0.422. The maximum absolute atomic E-state index is 13.6. The van der Waals surface area contributed by atoms with Gasteiger partial charge in [0.25, 0.3) is 0 Å². The van der Waals surface area contributed by atoms with Crippen LogP contribution in [0.3, 0.4) is 0 Å². The lowest BCUT2D eigenvalue weighted by atomic mass is 10.1. The molecule has 2 nitrogen and oxygen atoms in total. The molecule has 3 fully saturated rings. The molecule has 3 rings (SSSR count). The molecule has 64 valence electrons. The fourth-order valence-corrected chi connectivity index (χ4v) is 2.32. The first-order valence-electron chi connectivity index (χ1n) is 4.09. The topological polar surface area (TPSA) is 3.24 Å². The SMILES string of the molecule is F[N+]12CCN(CC1)C(CCl)C2. The van der Waals surface area contributed by atoms with Crippen LogP contribution in [-0.4, -0.2) is 54.3 Å². The second kappa shape index (κ2) is 2.57. The van der Waals surface area contributed by atoms with Gasteiger partial charge in [-0.05, 0) is 4.48 Å². The molecule has 0 spiro atoms. The molecule has 11 heavy (non-hydrogen) atoms. The van der Waals surface area contributed by atoms with Crippen molar-refractivity contribution in [1.82, 2.24) is 4.90 Å². The van der Waals surface area contributed by atoms with Gasteiger partial charge in [-0.25, -0.2) is 0 Å². The number of nitrogens with zero attached hydrogens (tertiary/aromatic N) is 2. The number of hydrogen-bond donors (Lipinski definition) is 0. The summed E-state index contributed by atoms with van der Waals surface area (Å²) in [5, 5.41) is 0. The van der Waals surface area contributed by atoms with E-state index in [1.807, 2.05) is 0 Å². The lowest BCUT2D eigenvalue weighted by Crippen LogP contribution is -2.67. The van der Waals surface area contributed by atoms with Crippen molar-refractivity contribution in [3.63, 3.8) is 0 Å². The van der Waals surface area contributed by atoms with Crippen LogP contribution in [-0.2, 0) is 0 Å². The highest BCUT2D eigenvalue weighted by molar-refractivity contribution is 6.18. The zero-order valence-corrected chi connectivity index (χ0v) is 7.23. The number of quaternary nitrogens is 1. The van der Waals surface area contributed by atoms with Gasteiger partial charge < -0.3 is 0 Å². The minimum absolute atomic E-state index is 0.242. The van der Waals surface area contributed by atoms with Crippen molar-refractivity contribution in [1.29, 1.82) is 0 Å². The second-order valence-electron chi connectivity index (χ2n) is 3.50. The van der Waals surface area contributed by atoms with Gasteiger partial charge >= 0.3 is 0 Å². The van der Waals surface area contributed by atoms with E-state index < -0.39 is 0 Å². The summed E-state index contributed by atoms with van der Waals surface area (Å²) in [5.41, 5.74) is 0. The van der Waals surface area contributed by atoms with Crippen molar-refractivity contribution >= 4 is 11.6 Å². The van der Waals surface area contributed by atoms with E-state index in [1.165, 1.54) is 0 Å². The summed E-state index contributed by atoms with van der Waals surface area (Å²) in [5.74, 6) is 0.573. The summed E-state index contributed by atoms with van der Waals surface area (Å²) >= 11 is 5.72. The van der Waals surface area contributed by atoms with Crippen molar-refractivity contribution in [2.45, 2.75) is 6.04 Å². The molecule has 3 aliphatic rings. The molecule has 0 N–H and O–H groups in total. The molecule has 1 atom stereocenters. The highest BCUT2D eigenvalue weighted by Gasteiger charge is 2.45. The zero-order valence-electron chi connectivity index (χ0n) is 6.47. The summed E-state index contributed by atoms with van der Waals surface area (Å²) in [6.45, 7) is 3.69. The molecule has 3 aliphatic heterocycles. The van der Waals surface area contributed by atoms with Gasteiger partial charge in [0.1, 0.15) is 19.6 Å². The lowest BCUT2D eigenvalue weighted by Gasteiger charge is -2.46. The van der Waals surface area contributed by atoms with Gasteiger partial charge in [0.05, 0.1) is 19.1 Å². The fourth-order valence-electron chi connectivity index (χ4n) is 2.03. The van der Waals surface area contributed by atoms with Crippen molar-refractivity contribution in [2.24, 2.45) is 0 Å². The first-order chi connectivity index (χ1) is 5.23. The van der Waals surface area contributed by atoms with Crippen LogP contribution in [0.1, 0.15) is 0 Å². The molecule has 0 aromatic heterocycles. The number of rotatable bonds is 1. The number of halogens is 2. The predicted octanol–water partition coefficient (Wildman–Crippen LogP) is 0.624. The number of alkyl halides is 1. The minimum Gasteiger partial charge on any atom is -0.282 e. The molecule has 0 amide bonds. The molecule has 0 aliphatic carbocycles. The smallest absolute Gasteiger partial charge is 0.132 e. The monoisotopic (exact) mass is 179 g/mol. The third-order valence-electron chi connectivity index (χ3n) is 2.81. The predicted molar refractivity (Wildman–Crippen MR) is 42.1 cm³/mol. The van der Waals surface area contributed by atoms with Crippen LogP contribution in [0.5, 0.6) is 0 Å². The summed E-state index contributed by atoms with van der Waals surface area (Å²) in [6, 6.07) is 0.282. The van der Waals surface area contributed by atoms with Crippen molar-refractivity contribution in [3.8, 4) is 0 Å². The van der Waals surface area contributed by atoms with E-state index in [1.54, 1.807) is 0 Å². The summed E-state index contributed by atoms with van der Waals surface area (Å²) in [4.78, 5) is 2.30. The Bertz CT molecular complexity index is 157. The molecule has 0 radical (unpaired) electrons. The Hall–Kier alpha value is 0.140. The van der Waals surface area contributed by atoms with Crippen LogP contribution in [0, 0.1) is 0 Å². The van der Waals surface area contributed by atoms with Gasteiger partial charge in [-0.2, -0.15) is 0 Å². The van der Waals surface area contributed by atoms with E-state index >= 15 is 0 Å². The first-order valence-corrected chi connectivity index (χ1v) is 4.63. The number of piperazine rings is 3. The molecule has 0 saturated carbocycles. The molecule has 3 saturated heterocycles. The third kappa shape index (κ3) is 1.25. The van der Waals surface area contributed by atoms with Gasteiger partial charge in [0, 0.05) is 5.88 Å². The van der Waals surface area contributed by atoms with E-state index in [0.29, 0.717) is 25.5 Å². The van der Waals surface area contributed by atoms with E-state index in [-0.39, 0.29) is 10.7 Å². The summed E-state index contributed by atoms with van der Waals surface area (Å²) in [7, 11) is 0. The van der Waals surface area contributed by atoms with Crippen LogP contribution in [0.2, 0.25) is 0 Å². The molecule has 0 aromatic carbocycles. The van der Waals surface area contributed by atoms with E-state index in [9.17, 15) is 4.48 Å². The Morgan fingerprint density at radius 3 is 2.45 bits per heavy atom. The molecule has 3 heterocycles. The Morgan fingerprint density at radius 1 is 1.45 bits per heavy atom. The normalized spacial score (nSPS) is 49.6. The summed E-state index contributed by atoms with van der Waals surface area (Å²) < 4.78 is 13.4. The van der Waals surface area contributed by atoms with E-state index in [0.717, 1.165) is 13.1 Å². The van der Waals surface area contributed by atoms with Crippen LogP contribution in [0.25, 0.3) is 0 Å². The second-order valence-corrected chi connectivity index (χ2v) is 3.81. The van der Waals surface area contributed by atoms with Crippen LogP contribution >= 0.6 is 11.6 Å². The lowest BCUT2D eigenvalue weighted by molar-refractivity contribution is -1.07.